The van der Waals surface area contributed by atoms with Gasteiger partial charge < -0.3 is 64.9 Å². The predicted octanol–water partition coefficient (Wildman–Crippen LogP) is -7.77. The van der Waals surface area contributed by atoms with Crippen molar-refractivity contribution in [2.24, 2.45) is 0 Å². The van der Waals surface area contributed by atoms with E-state index < -0.39 is 99.5 Å². The molecule has 0 aromatic heterocycles. The molecule has 0 amide bonds. The molecule has 3 rings (SSSR count). The van der Waals surface area contributed by atoms with E-state index in [2.05, 4.69) is 0 Å². The number of hydrogen-bond acceptors (Lipinski definition) is 14. The lowest BCUT2D eigenvalue weighted by Crippen LogP contribution is -2.91. The summed E-state index contributed by atoms with van der Waals surface area (Å²) in [5, 5.41) is 89.5. The number of nitrogens with two attached hydrogens (primary N) is 1. The second-order valence-corrected chi connectivity index (χ2v) is 7.93. The summed E-state index contributed by atoms with van der Waals surface area (Å²) < 4.78 is 21.7. The first-order valence-electron chi connectivity index (χ1n) is 10.2. The van der Waals surface area contributed by atoms with Crippen molar-refractivity contribution in [2.75, 3.05) is 26.4 Å². The number of rotatable bonds is 7. The van der Waals surface area contributed by atoms with Crippen LogP contribution in [-0.2, 0) is 23.8 Å². The Labute approximate surface area is 182 Å². The Bertz CT molecular complexity index is 583. The third-order valence-corrected chi connectivity index (χ3v) is 5.79. The first kappa shape index (κ1) is 26.0. The number of quaternary nitrogens is 1. The standard InChI is InChI=1S/C17H31NO14/c19-2-6-9(23)10(24)12(26)16(28-6)31-15-7(3-20)29-17(13(27)11(15)25)30-14-5(22)1-18-32-8(14)4-21/h5-27H,1-4H2/p+1/t5-,6-,7-,8-,9-,10+,11-,12-,13-,14+,15-,16+,17+/m1/s1. The highest BCUT2D eigenvalue weighted by Gasteiger charge is 2.52. The minimum Gasteiger partial charge on any atom is -0.394 e. The monoisotopic (exact) mass is 474 g/mol. The van der Waals surface area contributed by atoms with Gasteiger partial charge in [0.15, 0.2) is 18.7 Å². The summed E-state index contributed by atoms with van der Waals surface area (Å²) in [4.78, 5) is 5.20. The molecule has 3 saturated heterocycles. The number of aliphatic hydroxyl groups excluding tert-OH is 9. The van der Waals surface area contributed by atoms with E-state index in [4.69, 9.17) is 23.8 Å². The molecule has 3 aliphatic rings. The predicted molar refractivity (Wildman–Crippen MR) is 96.0 cm³/mol. The smallest absolute Gasteiger partial charge is 0.187 e. The molecular weight excluding hydrogens is 442 g/mol. The van der Waals surface area contributed by atoms with E-state index in [1.54, 1.807) is 0 Å². The van der Waals surface area contributed by atoms with Gasteiger partial charge >= 0.3 is 0 Å². The molecule has 0 radical (unpaired) electrons. The van der Waals surface area contributed by atoms with Crippen molar-refractivity contribution in [1.29, 1.82) is 0 Å². The van der Waals surface area contributed by atoms with Gasteiger partial charge in [0.05, 0.1) is 19.8 Å². The summed E-state index contributed by atoms with van der Waals surface area (Å²) in [5.74, 6) is 0. The Balaban J connectivity index is 1.70. The summed E-state index contributed by atoms with van der Waals surface area (Å²) in [6.07, 6.45) is -19.1. The van der Waals surface area contributed by atoms with Crippen LogP contribution in [0.25, 0.3) is 0 Å². The van der Waals surface area contributed by atoms with Crippen molar-refractivity contribution < 1.29 is 75.2 Å². The maximum atomic E-state index is 10.6. The van der Waals surface area contributed by atoms with Crippen LogP contribution in [0, 0.1) is 0 Å². The summed E-state index contributed by atoms with van der Waals surface area (Å²) in [5.41, 5.74) is 1.30. The molecule has 0 aromatic carbocycles. The second-order valence-electron chi connectivity index (χ2n) is 7.93. The van der Waals surface area contributed by atoms with Gasteiger partial charge in [-0.15, -0.1) is 0 Å². The van der Waals surface area contributed by atoms with Crippen LogP contribution in [0.3, 0.4) is 0 Å². The van der Waals surface area contributed by atoms with Crippen molar-refractivity contribution in [3.8, 4) is 0 Å². The largest absolute Gasteiger partial charge is 0.394 e. The number of hydroxylamine groups is 1. The van der Waals surface area contributed by atoms with Crippen LogP contribution in [0.4, 0.5) is 0 Å². The van der Waals surface area contributed by atoms with Gasteiger partial charge in [0, 0.05) is 0 Å². The molecule has 0 spiro atoms. The van der Waals surface area contributed by atoms with E-state index >= 15 is 0 Å². The summed E-state index contributed by atoms with van der Waals surface area (Å²) in [6, 6.07) is 0. The van der Waals surface area contributed by atoms with Crippen molar-refractivity contribution in [3.05, 3.63) is 0 Å². The molecule has 0 bridgehead atoms. The molecule has 0 aliphatic carbocycles. The van der Waals surface area contributed by atoms with Crippen molar-refractivity contribution in [1.82, 2.24) is 0 Å². The fourth-order valence-electron chi connectivity index (χ4n) is 3.88. The van der Waals surface area contributed by atoms with Gasteiger partial charge in [-0.05, 0) is 0 Å². The lowest BCUT2D eigenvalue weighted by Gasteiger charge is -2.46. The highest BCUT2D eigenvalue weighted by Crippen LogP contribution is 2.30. The van der Waals surface area contributed by atoms with Crippen molar-refractivity contribution >= 4 is 0 Å². The lowest BCUT2D eigenvalue weighted by atomic mass is 9.97. The number of hydrogen-bond donors (Lipinski definition) is 10. The summed E-state index contributed by atoms with van der Waals surface area (Å²) >= 11 is 0. The lowest BCUT2D eigenvalue weighted by molar-refractivity contribution is -0.918. The Hall–Kier alpha value is -0.600. The van der Waals surface area contributed by atoms with Gasteiger partial charge in [0.1, 0.15) is 67.6 Å². The normalized spacial score (nSPS) is 50.3. The van der Waals surface area contributed by atoms with Crippen LogP contribution in [0.5, 0.6) is 0 Å². The van der Waals surface area contributed by atoms with Crippen LogP contribution >= 0.6 is 0 Å². The molecule has 32 heavy (non-hydrogen) atoms. The first-order valence-corrected chi connectivity index (χ1v) is 10.2. The van der Waals surface area contributed by atoms with Gasteiger partial charge in [-0.1, -0.05) is 0 Å². The highest BCUT2D eigenvalue weighted by atomic mass is 16.8. The molecular formula is C17H32NO14+. The SMILES string of the molecule is OC[C@H]1O[C@@H](O[C@H]2[C@H](O)[C@@H](O)[C@H](O[C@H]3[C@H](O)C[NH2+]O[C@@H]3CO)O[C@@H]2CO)[C@H](O)[C@@H](O)[C@@H]1O. The van der Waals surface area contributed by atoms with Gasteiger partial charge in [-0.2, -0.15) is 10.3 Å². The van der Waals surface area contributed by atoms with Crippen molar-refractivity contribution in [3.63, 3.8) is 0 Å². The maximum absolute atomic E-state index is 10.6. The minimum atomic E-state index is -1.78. The molecule has 3 heterocycles. The Morgan fingerprint density at radius 2 is 1.16 bits per heavy atom. The van der Waals surface area contributed by atoms with Crippen LogP contribution in [0.1, 0.15) is 0 Å². The zero-order valence-corrected chi connectivity index (χ0v) is 17.0. The molecule has 0 saturated carbocycles. The van der Waals surface area contributed by atoms with E-state index in [1.165, 1.54) is 5.48 Å². The van der Waals surface area contributed by atoms with Crippen LogP contribution in [-0.4, -0.2) is 152 Å². The zero-order valence-electron chi connectivity index (χ0n) is 17.0. The molecule has 11 N–H and O–H groups in total. The molecule has 3 aliphatic heterocycles. The highest BCUT2D eigenvalue weighted by molar-refractivity contribution is 4.94. The third kappa shape index (κ3) is 5.22. The summed E-state index contributed by atoms with van der Waals surface area (Å²) in [7, 11) is 0. The van der Waals surface area contributed by atoms with Crippen molar-refractivity contribution in [2.45, 2.75) is 79.7 Å². The van der Waals surface area contributed by atoms with E-state index in [9.17, 15) is 46.0 Å². The second kappa shape index (κ2) is 11.2. The molecule has 15 nitrogen and oxygen atoms in total. The van der Waals surface area contributed by atoms with Crippen LogP contribution < -0.4 is 5.48 Å². The molecule has 188 valence electrons. The number of ether oxygens (including phenoxy) is 4. The molecule has 0 unspecified atom stereocenters. The maximum Gasteiger partial charge on any atom is 0.187 e. The molecule has 13 atom stereocenters. The Kier molecular flexibility index (Phi) is 9.12. The zero-order chi connectivity index (χ0) is 23.6. The van der Waals surface area contributed by atoms with Gasteiger partial charge in [-0.25, -0.2) is 0 Å². The van der Waals surface area contributed by atoms with Crippen LogP contribution in [0.15, 0.2) is 0 Å². The molecule has 3 fully saturated rings. The van der Waals surface area contributed by atoms with E-state index in [0.29, 0.717) is 0 Å². The average molecular weight is 474 g/mol. The van der Waals surface area contributed by atoms with Crippen LogP contribution in [0.2, 0.25) is 0 Å². The Morgan fingerprint density at radius 3 is 1.75 bits per heavy atom. The van der Waals surface area contributed by atoms with E-state index in [0.717, 1.165) is 0 Å². The number of aliphatic hydroxyl groups is 9. The Morgan fingerprint density at radius 1 is 0.625 bits per heavy atom. The van der Waals surface area contributed by atoms with E-state index in [-0.39, 0.29) is 6.54 Å². The van der Waals surface area contributed by atoms with Gasteiger partial charge in [0.2, 0.25) is 0 Å². The third-order valence-electron chi connectivity index (χ3n) is 5.79. The fraction of sp³-hybridized carbons (Fsp3) is 1.00. The topological polar surface area (TPSA) is 245 Å². The van der Waals surface area contributed by atoms with E-state index in [1.807, 2.05) is 0 Å². The summed E-state index contributed by atoms with van der Waals surface area (Å²) in [6.45, 7) is -1.85. The van der Waals surface area contributed by atoms with Gasteiger partial charge in [0.25, 0.3) is 0 Å². The van der Waals surface area contributed by atoms with Gasteiger partial charge in [-0.3, -0.25) is 0 Å². The quantitative estimate of drug-likeness (QED) is 0.165. The molecule has 15 heteroatoms. The fourth-order valence-corrected chi connectivity index (χ4v) is 3.88. The molecule has 0 aromatic rings. The first-order chi connectivity index (χ1) is 15.2. The average Bonchev–Trinajstić information content (AvgIpc) is 2.79. The minimum absolute atomic E-state index is 0.0822.